The van der Waals surface area contributed by atoms with Gasteiger partial charge >= 0.3 is 0 Å². The summed E-state index contributed by atoms with van der Waals surface area (Å²) < 4.78 is 5.83. The van der Waals surface area contributed by atoms with E-state index >= 15 is 0 Å². The van der Waals surface area contributed by atoms with Crippen LogP contribution in [0.2, 0.25) is 15.1 Å². The van der Waals surface area contributed by atoms with Crippen LogP contribution in [-0.4, -0.2) is 12.0 Å². The summed E-state index contributed by atoms with van der Waals surface area (Å²) in [6.07, 6.45) is 1.50. The van der Waals surface area contributed by atoms with Crippen LogP contribution in [0.1, 0.15) is 27.9 Å². The third kappa shape index (κ3) is 6.49. The molecule has 154 valence electrons. The predicted molar refractivity (Wildman–Crippen MR) is 121 cm³/mol. The number of rotatable bonds is 9. The lowest BCUT2D eigenvalue weighted by atomic mass is 10.1. The molecule has 0 radical (unpaired) electrons. The van der Waals surface area contributed by atoms with Crippen LogP contribution in [0.25, 0.3) is 0 Å². The van der Waals surface area contributed by atoms with Crippen LogP contribution in [0.5, 0.6) is 5.75 Å². The molecule has 0 aliphatic rings. The molecule has 0 aromatic heterocycles. The smallest absolute Gasteiger partial charge is 0.172 e. The van der Waals surface area contributed by atoms with E-state index in [1.165, 1.54) is 6.21 Å². The number of carbonyl (C=O) groups is 1. The van der Waals surface area contributed by atoms with Crippen molar-refractivity contribution in [3.63, 3.8) is 0 Å². The quantitative estimate of drug-likeness (QED) is 0.195. The minimum Gasteiger partial charge on any atom is -0.488 e. The van der Waals surface area contributed by atoms with Gasteiger partial charge in [-0.3, -0.25) is 4.79 Å². The second-order valence-electron chi connectivity index (χ2n) is 6.34. The summed E-state index contributed by atoms with van der Waals surface area (Å²) >= 11 is 17.8. The Hall–Kier alpha value is -2.53. The van der Waals surface area contributed by atoms with Crippen LogP contribution in [-0.2, 0) is 18.1 Å². The zero-order valence-corrected chi connectivity index (χ0v) is 18.1. The van der Waals surface area contributed by atoms with Gasteiger partial charge in [-0.25, -0.2) is 0 Å². The Morgan fingerprint density at radius 3 is 2.40 bits per heavy atom. The first-order chi connectivity index (χ1) is 14.5. The van der Waals surface area contributed by atoms with E-state index < -0.39 is 0 Å². The molecule has 30 heavy (non-hydrogen) atoms. The summed E-state index contributed by atoms with van der Waals surface area (Å²) in [5, 5.41) is 5.55. The van der Waals surface area contributed by atoms with Gasteiger partial charge in [-0.1, -0.05) is 70.3 Å². The van der Waals surface area contributed by atoms with Crippen molar-refractivity contribution in [2.45, 2.75) is 19.6 Å². The highest BCUT2D eigenvalue weighted by molar-refractivity contribution is 6.35. The second-order valence-corrected chi connectivity index (χ2v) is 7.62. The third-order valence-electron chi connectivity index (χ3n) is 4.16. The normalized spacial score (nSPS) is 10.9. The summed E-state index contributed by atoms with van der Waals surface area (Å²) in [7, 11) is 0. The van der Waals surface area contributed by atoms with Crippen molar-refractivity contribution in [1.29, 1.82) is 0 Å². The predicted octanol–water partition coefficient (Wildman–Crippen LogP) is 7.00. The third-order valence-corrected chi connectivity index (χ3v) is 4.99. The summed E-state index contributed by atoms with van der Waals surface area (Å²) in [4.78, 5) is 17.8. The van der Waals surface area contributed by atoms with Crippen molar-refractivity contribution >= 4 is 46.8 Å². The van der Waals surface area contributed by atoms with Gasteiger partial charge in [0, 0.05) is 27.1 Å². The van der Waals surface area contributed by atoms with Crippen LogP contribution in [0, 0.1) is 0 Å². The van der Waals surface area contributed by atoms with E-state index in [1.807, 2.05) is 18.2 Å². The average Bonchev–Trinajstić information content (AvgIpc) is 2.74. The molecule has 3 rings (SSSR count). The van der Waals surface area contributed by atoms with E-state index in [2.05, 4.69) is 5.16 Å². The lowest BCUT2D eigenvalue weighted by Gasteiger charge is -2.10. The highest BCUT2D eigenvalue weighted by atomic mass is 35.5. The Kier molecular flexibility index (Phi) is 8.14. The summed E-state index contributed by atoms with van der Waals surface area (Å²) in [6, 6.07) is 19.6. The van der Waals surface area contributed by atoms with E-state index in [0.29, 0.717) is 33.0 Å². The zero-order valence-electron chi connectivity index (χ0n) is 15.9. The minimum absolute atomic E-state index is 0.0790. The van der Waals surface area contributed by atoms with Gasteiger partial charge in [0.25, 0.3) is 0 Å². The molecule has 7 heteroatoms. The van der Waals surface area contributed by atoms with Crippen molar-refractivity contribution in [2.24, 2.45) is 5.16 Å². The average molecular weight is 463 g/mol. The molecule has 0 atom stereocenters. The Morgan fingerprint density at radius 1 is 0.900 bits per heavy atom. The number of ketones is 1. The number of benzene rings is 3. The largest absolute Gasteiger partial charge is 0.488 e. The van der Waals surface area contributed by atoms with Crippen molar-refractivity contribution in [3.8, 4) is 5.75 Å². The molecule has 0 unspecified atom stereocenters. The molecule has 0 saturated carbocycles. The zero-order chi connectivity index (χ0) is 21.3. The maximum absolute atomic E-state index is 12.6. The minimum atomic E-state index is -0.126. The van der Waals surface area contributed by atoms with Gasteiger partial charge in [-0.05, 0) is 42.0 Å². The monoisotopic (exact) mass is 461 g/mol. The molecule has 0 aliphatic heterocycles. The lowest BCUT2D eigenvalue weighted by molar-refractivity contribution is 0.0992. The molecule has 0 fully saturated rings. The second kappa shape index (κ2) is 11.0. The number of ether oxygens (including phenoxy) is 1. The fourth-order valence-electron chi connectivity index (χ4n) is 2.59. The molecule has 0 N–H and O–H groups in total. The van der Waals surface area contributed by atoms with Crippen LogP contribution >= 0.6 is 34.8 Å². The molecule has 0 saturated heterocycles. The number of nitrogens with zero attached hydrogens (tertiary/aromatic N) is 1. The molecular formula is C23H18Cl3NO3. The number of oxime groups is 1. The Morgan fingerprint density at radius 2 is 1.63 bits per heavy atom. The highest BCUT2D eigenvalue weighted by Crippen LogP contribution is 2.22. The number of hydrogen-bond donors (Lipinski definition) is 0. The Balaban J connectivity index is 1.53. The van der Waals surface area contributed by atoms with Gasteiger partial charge in [0.05, 0.1) is 11.8 Å². The Labute approximate surface area is 190 Å². The summed E-state index contributed by atoms with van der Waals surface area (Å²) in [5.41, 5.74) is 2.20. The van der Waals surface area contributed by atoms with Crippen molar-refractivity contribution in [3.05, 3.63) is 98.5 Å². The molecule has 0 heterocycles. The van der Waals surface area contributed by atoms with Crippen molar-refractivity contribution < 1.29 is 14.4 Å². The molecule has 0 aliphatic carbocycles. The van der Waals surface area contributed by atoms with Gasteiger partial charge in [-0.2, -0.15) is 0 Å². The van der Waals surface area contributed by atoms with E-state index in [-0.39, 0.29) is 18.8 Å². The first kappa shape index (κ1) is 22.2. The van der Waals surface area contributed by atoms with Gasteiger partial charge in [0.2, 0.25) is 0 Å². The lowest BCUT2D eigenvalue weighted by Crippen LogP contribution is -2.05. The van der Waals surface area contributed by atoms with Crippen LogP contribution < -0.4 is 4.74 Å². The number of para-hydroxylation sites is 1. The number of hydrogen-bond acceptors (Lipinski definition) is 4. The van der Waals surface area contributed by atoms with Crippen LogP contribution in [0.4, 0.5) is 0 Å². The number of halogens is 3. The maximum Gasteiger partial charge on any atom is 0.172 e. The van der Waals surface area contributed by atoms with E-state index in [4.69, 9.17) is 44.4 Å². The van der Waals surface area contributed by atoms with Crippen molar-refractivity contribution in [2.75, 3.05) is 0 Å². The number of Topliss-reactive ketones (excluding diaryl/α,β-unsaturated/α-hetero) is 1. The SMILES string of the molecule is O=C(CC=NOCc1ccc(Cl)cc1Cl)c1ccccc1OCc1ccc(Cl)cc1. The first-order valence-electron chi connectivity index (χ1n) is 9.10. The van der Waals surface area contributed by atoms with Gasteiger partial charge in [0.15, 0.2) is 5.78 Å². The molecule has 4 nitrogen and oxygen atoms in total. The van der Waals surface area contributed by atoms with E-state index in [9.17, 15) is 4.79 Å². The fourth-order valence-corrected chi connectivity index (χ4v) is 3.18. The Bertz CT molecular complexity index is 1040. The summed E-state index contributed by atoms with van der Waals surface area (Å²) in [6.45, 7) is 0.516. The van der Waals surface area contributed by atoms with E-state index in [0.717, 1.165) is 11.1 Å². The molecule has 3 aromatic rings. The van der Waals surface area contributed by atoms with E-state index in [1.54, 1.807) is 48.5 Å². The number of carbonyl (C=O) groups excluding carboxylic acids is 1. The maximum atomic E-state index is 12.6. The standard InChI is InChI=1S/C23H18Cl3NO3/c24-18-8-5-16(6-9-18)14-29-23-4-2-1-3-20(23)22(28)11-12-27-30-15-17-7-10-19(25)13-21(17)26/h1-10,12-13H,11,14-15H2. The summed E-state index contributed by atoms with van der Waals surface area (Å²) in [5.74, 6) is 0.387. The van der Waals surface area contributed by atoms with Crippen LogP contribution in [0.3, 0.4) is 0 Å². The van der Waals surface area contributed by atoms with Gasteiger partial charge < -0.3 is 9.57 Å². The highest BCUT2D eigenvalue weighted by Gasteiger charge is 2.11. The molecule has 3 aromatic carbocycles. The molecule has 0 spiro atoms. The van der Waals surface area contributed by atoms with Crippen molar-refractivity contribution in [1.82, 2.24) is 0 Å². The molecule has 0 amide bonds. The first-order valence-corrected chi connectivity index (χ1v) is 10.2. The topological polar surface area (TPSA) is 47.9 Å². The fraction of sp³-hybridized carbons (Fsp3) is 0.130. The van der Waals surface area contributed by atoms with Gasteiger partial charge in [0.1, 0.15) is 19.0 Å². The molecule has 0 bridgehead atoms. The molecular weight excluding hydrogens is 445 g/mol. The van der Waals surface area contributed by atoms with Crippen LogP contribution in [0.15, 0.2) is 71.9 Å². The van der Waals surface area contributed by atoms with Gasteiger partial charge in [-0.15, -0.1) is 0 Å².